The van der Waals surface area contributed by atoms with E-state index in [1.165, 1.54) is 18.6 Å². The molecule has 0 aromatic heterocycles. The summed E-state index contributed by atoms with van der Waals surface area (Å²) in [6.07, 6.45) is 9.41. The second-order valence-corrected chi connectivity index (χ2v) is 27.3. The summed E-state index contributed by atoms with van der Waals surface area (Å²) in [6, 6.07) is 47.0. The molecule has 6 aromatic carbocycles. The van der Waals surface area contributed by atoms with Crippen LogP contribution in [0.4, 0.5) is 9.59 Å². The maximum Gasteiger partial charge on any atom is 1.00 e. The molecule has 1 unspecified atom stereocenters. The van der Waals surface area contributed by atoms with Crippen LogP contribution in [0.1, 0.15) is 150 Å². The number of unbranched alkanes of at least 4 members (excludes halogenated alkanes) is 2. The van der Waals surface area contributed by atoms with Gasteiger partial charge in [-0.2, -0.15) is 6.42 Å². The van der Waals surface area contributed by atoms with Crippen molar-refractivity contribution in [1.82, 2.24) is 20.2 Å². The van der Waals surface area contributed by atoms with Crippen LogP contribution in [0.5, 0.6) is 0 Å². The zero-order valence-corrected chi connectivity index (χ0v) is 60.4. The van der Waals surface area contributed by atoms with Crippen molar-refractivity contribution in [3.8, 4) is 33.4 Å². The van der Waals surface area contributed by atoms with Gasteiger partial charge in [-0.05, 0) is 152 Å². The molecule has 516 valence electrons. The van der Waals surface area contributed by atoms with E-state index in [0.717, 1.165) is 132 Å². The number of hydroxylamine groups is 2. The number of halogens is 4. The molecule has 0 saturated carbocycles. The Morgan fingerprint density at radius 3 is 1.52 bits per heavy atom. The van der Waals surface area contributed by atoms with Gasteiger partial charge in [0.25, 0.3) is 5.91 Å². The first kappa shape index (κ1) is 85.9. The number of hydrogen-bond donors (Lipinski definition) is 2. The standard InChI is InChI=1S/C23H26ClNO3.C23H30ClNO2.C13H24N2O4.C12H8BrCl.C4H9.2CH4.Li/c1-23(2,3)28-22(27)25-14-8-9-16(15-25)21(26)19-12-5-4-10-17(19)18-11-6-7-13-20(18)24;1-27-16-7-6-14-23(26,18-9-8-15-25-17-18)21-12-4-2-10-19(21)20-11-3-5-13-22(20)24;1-13(2,3)19-12(17)15-8-6-7-10(9-15)11(16)14(4)18-5;13-11-7-3-1-5-9(11)10-6-2-4-8-12(10)14;1-3-4-2;;;/h4-7,10-13,16H,8-9,14-15H2,1-3H3;2-5,10-13,18,25-26H,6-9,14-17H2,1H3;10H,6-9H2,1-5H3;1-8H;1,3-4H2,2H3;2*1H4;/q;;;;-1;;;+1/t16-;18-,23?;10-;;;;;/m111...../s1. The Kier molecular flexibility index (Phi) is 39.1. The van der Waals surface area contributed by atoms with E-state index in [4.69, 9.17) is 53.9 Å². The quantitative estimate of drug-likeness (QED) is 0.0335. The number of Topliss-reactive ketones (excluding diaryl/α,β-unsaturated/α-hetero) is 1. The van der Waals surface area contributed by atoms with Crippen LogP contribution in [0.15, 0.2) is 150 Å². The van der Waals surface area contributed by atoms with Gasteiger partial charge >= 0.3 is 31.0 Å². The van der Waals surface area contributed by atoms with E-state index in [2.05, 4.69) is 47.2 Å². The molecular formula is C77H105BrCl3LiN4O9. The summed E-state index contributed by atoms with van der Waals surface area (Å²) in [4.78, 5) is 57.9. The molecule has 0 aliphatic carbocycles. The third-order valence-electron chi connectivity index (χ3n) is 15.9. The Morgan fingerprint density at radius 2 is 1.05 bits per heavy atom. The predicted molar refractivity (Wildman–Crippen MR) is 392 cm³/mol. The summed E-state index contributed by atoms with van der Waals surface area (Å²) in [5.74, 6) is -0.326. The molecule has 6 aromatic rings. The maximum absolute atomic E-state index is 13.3. The van der Waals surface area contributed by atoms with Gasteiger partial charge in [0.05, 0.1) is 18.6 Å². The van der Waals surface area contributed by atoms with Gasteiger partial charge in [-0.3, -0.25) is 14.4 Å². The number of piperidine rings is 3. The molecule has 3 aliphatic heterocycles. The van der Waals surface area contributed by atoms with Gasteiger partial charge in [-0.15, -0.1) is 0 Å². The van der Waals surface area contributed by atoms with Crippen LogP contribution in [0, 0.1) is 24.7 Å². The number of ether oxygens (including phenoxy) is 3. The van der Waals surface area contributed by atoms with Crippen molar-refractivity contribution < 1.29 is 62.2 Å². The molecule has 0 bridgehead atoms. The molecule has 13 nitrogen and oxygen atoms in total. The van der Waals surface area contributed by atoms with Crippen molar-refractivity contribution in [2.75, 3.05) is 67.1 Å². The Bertz CT molecular complexity index is 3220. The van der Waals surface area contributed by atoms with E-state index in [0.29, 0.717) is 41.8 Å². The summed E-state index contributed by atoms with van der Waals surface area (Å²) in [5.41, 5.74) is 5.55. The summed E-state index contributed by atoms with van der Waals surface area (Å²) >= 11 is 22.5. The number of aliphatic hydroxyl groups is 1. The topological polar surface area (TPSA) is 147 Å². The van der Waals surface area contributed by atoms with Crippen molar-refractivity contribution in [3.05, 3.63) is 183 Å². The van der Waals surface area contributed by atoms with Crippen LogP contribution in [0.3, 0.4) is 0 Å². The summed E-state index contributed by atoms with van der Waals surface area (Å²) in [7, 11) is 4.76. The van der Waals surface area contributed by atoms with Crippen molar-refractivity contribution in [2.24, 2.45) is 17.8 Å². The number of carbonyl (C=O) groups is 4. The van der Waals surface area contributed by atoms with E-state index >= 15 is 0 Å². The maximum atomic E-state index is 13.3. The number of rotatable bonds is 15. The Hall–Kier alpha value is -5.21. The van der Waals surface area contributed by atoms with Gasteiger partial charge in [-0.25, -0.2) is 14.7 Å². The number of carbonyl (C=O) groups excluding carboxylic acids is 4. The Labute approximate surface area is 604 Å². The fraction of sp³-hybridized carbons (Fsp3) is 0.468. The van der Waals surface area contributed by atoms with Crippen molar-refractivity contribution in [3.63, 3.8) is 0 Å². The number of amides is 3. The first-order valence-electron chi connectivity index (χ1n) is 32.1. The smallest absolute Gasteiger partial charge is 0.444 e. The molecule has 4 atom stereocenters. The Balaban J connectivity index is 0.000000430. The van der Waals surface area contributed by atoms with Gasteiger partial charge < -0.3 is 41.4 Å². The number of likely N-dealkylation sites (tertiary alicyclic amines) is 2. The molecule has 2 N–H and O–H groups in total. The van der Waals surface area contributed by atoms with Crippen molar-refractivity contribution in [1.29, 1.82) is 0 Å². The second kappa shape index (κ2) is 43.2. The number of methoxy groups -OCH3 is 1. The normalized spacial score (nSPS) is 16.5. The molecule has 18 heteroatoms. The average Bonchev–Trinajstić information content (AvgIpc) is 0.811. The first-order chi connectivity index (χ1) is 43.9. The minimum atomic E-state index is -0.878. The van der Waals surface area contributed by atoms with E-state index in [-0.39, 0.29) is 75.3 Å². The molecule has 0 spiro atoms. The molecule has 3 saturated heterocycles. The molecule has 9 rings (SSSR count). The fourth-order valence-electron chi connectivity index (χ4n) is 11.1. The fourth-order valence-corrected chi connectivity index (χ4v) is 12.3. The predicted octanol–water partition coefficient (Wildman–Crippen LogP) is 17.2. The number of nitrogens with one attached hydrogen (secondary N) is 1. The molecule has 0 radical (unpaired) electrons. The minimum Gasteiger partial charge on any atom is -0.444 e. The molecule has 3 heterocycles. The second-order valence-electron chi connectivity index (χ2n) is 25.2. The van der Waals surface area contributed by atoms with E-state index in [1.54, 1.807) is 24.0 Å². The van der Waals surface area contributed by atoms with Crippen LogP contribution in [-0.4, -0.2) is 122 Å². The van der Waals surface area contributed by atoms with E-state index < -0.39 is 16.8 Å². The zero-order valence-electron chi connectivity index (χ0n) is 56.6. The van der Waals surface area contributed by atoms with Crippen LogP contribution in [0.25, 0.3) is 33.4 Å². The number of nitrogens with zero attached hydrogens (tertiary/aromatic N) is 3. The van der Waals surface area contributed by atoms with Gasteiger partial charge in [-0.1, -0.05) is 200 Å². The molecule has 3 fully saturated rings. The third kappa shape index (κ3) is 27.2. The van der Waals surface area contributed by atoms with E-state index in [1.807, 2.05) is 175 Å². The van der Waals surface area contributed by atoms with Gasteiger partial charge in [0.2, 0.25) is 0 Å². The van der Waals surface area contributed by atoms with Gasteiger partial charge in [0.15, 0.2) is 5.78 Å². The first-order valence-corrected chi connectivity index (χ1v) is 34.0. The third-order valence-corrected chi connectivity index (χ3v) is 17.6. The van der Waals surface area contributed by atoms with Crippen molar-refractivity contribution >= 4 is 74.6 Å². The molecule has 3 aliphatic rings. The van der Waals surface area contributed by atoms with Crippen LogP contribution in [0.2, 0.25) is 15.1 Å². The largest absolute Gasteiger partial charge is 1.00 e. The van der Waals surface area contributed by atoms with Gasteiger partial charge in [0, 0.05) is 107 Å². The van der Waals surface area contributed by atoms with Crippen LogP contribution >= 0.6 is 50.7 Å². The Morgan fingerprint density at radius 1 is 0.621 bits per heavy atom. The molecule has 3 amide bonds. The minimum absolute atomic E-state index is 0. The average molecular weight is 1420 g/mol. The monoisotopic (exact) mass is 1420 g/mol. The summed E-state index contributed by atoms with van der Waals surface area (Å²) < 4.78 is 17.1. The van der Waals surface area contributed by atoms with Crippen LogP contribution < -0.4 is 24.2 Å². The number of hydrogen-bond acceptors (Lipinski definition) is 10. The van der Waals surface area contributed by atoms with Crippen LogP contribution in [-0.2, 0) is 29.4 Å². The summed E-state index contributed by atoms with van der Waals surface area (Å²) in [6.45, 7) is 21.4. The SMILES string of the molecule is C.C.CC(C)(C)OC(=O)N1CCC[C@@H](C(=O)c2ccccc2-c2ccccc2Cl)C1.COCCCCC(O)(c1ccccc1-c1ccccc1Cl)[C@@H]1CCCNC1.CON(C)C(=O)[C@@H]1CCCN(C(=O)OC(C)(C)C)C1.Clc1ccccc1-c1ccccc1Br.[CH2-]CCC.[Li+]. The van der Waals surface area contributed by atoms with Crippen molar-refractivity contribution in [2.45, 2.75) is 151 Å². The van der Waals surface area contributed by atoms with E-state index in [9.17, 15) is 24.3 Å². The number of ketones is 1. The summed E-state index contributed by atoms with van der Waals surface area (Å²) in [5, 5.41) is 18.8. The molecular weight excluding hydrogens is 1320 g/mol. The molecule has 95 heavy (non-hydrogen) atoms. The van der Waals surface area contributed by atoms with Gasteiger partial charge in [0.1, 0.15) is 11.2 Å². The number of benzene rings is 6. The zero-order chi connectivity index (χ0) is 67.4.